The van der Waals surface area contributed by atoms with Crippen LogP contribution in [0.25, 0.3) is 0 Å². The second-order valence-electron chi connectivity index (χ2n) is 7.21. The first-order chi connectivity index (χ1) is 11.3. The summed E-state index contributed by atoms with van der Waals surface area (Å²) in [5.41, 5.74) is 2.05. The van der Waals surface area contributed by atoms with Crippen molar-refractivity contribution in [3.63, 3.8) is 0 Å². The molecule has 0 saturated carbocycles. The van der Waals surface area contributed by atoms with Crippen LogP contribution in [0.3, 0.4) is 0 Å². The van der Waals surface area contributed by atoms with E-state index in [2.05, 4.69) is 4.98 Å². The highest BCUT2D eigenvalue weighted by atomic mass is 16.7. The second-order valence-corrected chi connectivity index (χ2v) is 7.21. The minimum absolute atomic E-state index is 0.390. The summed E-state index contributed by atoms with van der Waals surface area (Å²) in [5.74, 6) is 0.567. The Balaban J connectivity index is 1.84. The summed E-state index contributed by atoms with van der Waals surface area (Å²) in [4.78, 5) is 4.55. The molecule has 3 rings (SSSR count). The van der Waals surface area contributed by atoms with Gasteiger partial charge in [0.15, 0.2) is 0 Å². The number of pyridine rings is 1. The van der Waals surface area contributed by atoms with Crippen molar-refractivity contribution in [2.24, 2.45) is 0 Å². The molecule has 2 heterocycles. The molecule has 2 aromatic rings. The smallest absolute Gasteiger partial charge is 0.473 e. The number of aromatic nitrogens is 1. The molecular weight excluding hydrogens is 301 g/mol. The van der Waals surface area contributed by atoms with Crippen LogP contribution in [-0.2, 0) is 15.9 Å². The Hall–Kier alpha value is -1.85. The van der Waals surface area contributed by atoms with Gasteiger partial charge in [-0.15, -0.1) is 0 Å². The van der Waals surface area contributed by atoms with Crippen LogP contribution in [0.5, 0.6) is 5.88 Å². The lowest BCUT2D eigenvalue weighted by atomic mass is 9.79. The Kier molecular flexibility index (Phi) is 4.41. The molecule has 126 valence electrons. The number of nitrogens with zero attached hydrogens (tertiary/aromatic N) is 1. The van der Waals surface area contributed by atoms with Crippen LogP contribution in [-0.4, -0.2) is 23.3 Å². The maximum Gasteiger partial charge on any atom is 0.500 e. The fourth-order valence-electron chi connectivity index (χ4n) is 2.53. The van der Waals surface area contributed by atoms with Crippen molar-refractivity contribution in [2.45, 2.75) is 52.4 Å². The third-order valence-electron chi connectivity index (χ3n) is 4.75. The standard InChI is InChI=1S/C19H24BNO3/c1-14-11-12-16(20-23-18(2,3)19(4,5)24-20)17(21-14)22-13-15-9-7-6-8-10-15/h6-12H,13H2,1-5H3. The fourth-order valence-corrected chi connectivity index (χ4v) is 2.53. The molecule has 1 saturated heterocycles. The summed E-state index contributed by atoms with van der Waals surface area (Å²) < 4.78 is 18.3. The molecule has 1 fully saturated rings. The highest BCUT2D eigenvalue weighted by Crippen LogP contribution is 2.37. The lowest BCUT2D eigenvalue weighted by molar-refractivity contribution is 0.00578. The van der Waals surface area contributed by atoms with Crippen LogP contribution in [0.1, 0.15) is 39.0 Å². The molecular formula is C19H24BNO3. The molecule has 0 aliphatic carbocycles. The van der Waals surface area contributed by atoms with Gasteiger partial charge in [0.25, 0.3) is 0 Å². The van der Waals surface area contributed by atoms with E-state index in [1.165, 1.54) is 0 Å². The molecule has 4 nitrogen and oxygen atoms in total. The number of hydrogen-bond donors (Lipinski definition) is 0. The molecule has 0 amide bonds. The predicted molar refractivity (Wildman–Crippen MR) is 95.5 cm³/mol. The highest BCUT2D eigenvalue weighted by molar-refractivity contribution is 6.63. The fraction of sp³-hybridized carbons (Fsp3) is 0.421. The summed E-state index contributed by atoms with van der Waals surface area (Å²) in [6.45, 7) is 10.6. The molecule has 1 aliphatic heterocycles. The molecule has 0 N–H and O–H groups in total. The Labute approximate surface area is 144 Å². The quantitative estimate of drug-likeness (QED) is 0.809. The molecule has 24 heavy (non-hydrogen) atoms. The van der Waals surface area contributed by atoms with Gasteiger partial charge in [-0.1, -0.05) is 36.4 Å². The molecule has 0 atom stereocenters. The van der Waals surface area contributed by atoms with E-state index in [-0.39, 0.29) is 11.2 Å². The van der Waals surface area contributed by atoms with Crippen molar-refractivity contribution in [1.82, 2.24) is 4.98 Å². The lowest BCUT2D eigenvalue weighted by Crippen LogP contribution is -2.41. The first-order valence-corrected chi connectivity index (χ1v) is 8.28. The number of rotatable bonds is 4. The van der Waals surface area contributed by atoms with Crippen LogP contribution in [0.15, 0.2) is 42.5 Å². The summed E-state index contributed by atoms with van der Waals surface area (Å²) in [6.07, 6.45) is 0. The van der Waals surface area contributed by atoms with Crippen molar-refractivity contribution in [3.8, 4) is 5.88 Å². The van der Waals surface area contributed by atoms with Gasteiger partial charge in [0, 0.05) is 11.2 Å². The van der Waals surface area contributed by atoms with E-state index < -0.39 is 7.12 Å². The molecule has 1 aromatic heterocycles. The largest absolute Gasteiger partial charge is 0.500 e. The first-order valence-electron chi connectivity index (χ1n) is 8.28. The summed E-state index contributed by atoms with van der Waals surface area (Å²) >= 11 is 0. The maximum absolute atomic E-state index is 6.14. The zero-order valence-electron chi connectivity index (χ0n) is 15.0. The van der Waals surface area contributed by atoms with Gasteiger partial charge in [-0.2, -0.15) is 0 Å². The Morgan fingerprint density at radius 1 is 0.958 bits per heavy atom. The average molecular weight is 325 g/mol. The van der Waals surface area contributed by atoms with Crippen LogP contribution in [0.2, 0.25) is 0 Å². The molecule has 1 aromatic carbocycles. The maximum atomic E-state index is 6.14. The summed E-state index contributed by atoms with van der Waals surface area (Å²) in [5, 5.41) is 0. The highest BCUT2D eigenvalue weighted by Gasteiger charge is 2.52. The van der Waals surface area contributed by atoms with E-state index in [1.807, 2.05) is 77.1 Å². The van der Waals surface area contributed by atoms with Gasteiger partial charge in [-0.05, 0) is 46.2 Å². The van der Waals surface area contributed by atoms with Gasteiger partial charge < -0.3 is 14.0 Å². The Morgan fingerprint density at radius 2 is 1.58 bits per heavy atom. The predicted octanol–water partition coefficient (Wildman–Crippen LogP) is 3.27. The topological polar surface area (TPSA) is 40.6 Å². The normalized spacial score (nSPS) is 18.6. The van der Waals surface area contributed by atoms with E-state index in [4.69, 9.17) is 14.0 Å². The minimum atomic E-state index is -0.478. The molecule has 5 heteroatoms. The summed E-state index contributed by atoms with van der Waals surface area (Å²) in [7, 11) is -0.478. The van der Waals surface area contributed by atoms with Crippen LogP contribution in [0, 0.1) is 6.92 Å². The van der Waals surface area contributed by atoms with Gasteiger partial charge >= 0.3 is 7.12 Å². The van der Waals surface area contributed by atoms with Crippen molar-refractivity contribution < 1.29 is 14.0 Å². The number of benzene rings is 1. The van der Waals surface area contributed by atoms with Crippen molar-refractivity contribution in [1.29, 1.82) is 0 Å². The molecule has 0 unspecified atom stereocenters. The van der Waals surface area contributed by atoms with E-state index >= 15 is 0 Å². The zero-order chi connectivity index (χ0) is 17.4. The first kappa shape index (κ1) is 17.0. The van der Waals surface area contributed by atoms with E-state index in [0.717, 1.165) is 16.7 Å². The van der Waals surface area contributed by atoms with Crippen LogP contribution >= 0.6 is 0 Å². The molecule has 0 bridgehead atoms. The third-order valence-corrected chi connectivity index (χ3v) is 4.75. The van der Waals surface area contributed by atoms with Gasteiger partial charge in [-0.25, -0.2) is 4.98 Å². The third kappa shape index (κ3) is 3.33. The van der Waals surface area contributed by atoms with Gasteiger partial charge in [-0.3, -0.25) is 0 Å². The number of ether oxygens (including phenoxy) is 1. The van der Waals surface area contributed by atoms with E-state index in [0.29, 0.717) is 12.5 Å². The zero-order valence-corrected chi connectivity index (χ0v) is 15.0. The van der Waals surface area contributed by atoms with Gasteiger partial charge in [0.05, 0.1) is 11.2 Å². The van der Waals surface area contributed by atoms with Gasteiger partial charge in [0.2, 0.25) is 5.88 Å². The van der Waals surface area contributed by atoms with Crippen molar-refractivity contribution in [2.75, 3.05) is 0 Å². The van der Waals surface area contributed by atoms with Crippen molar-refractivity contribution in [3.05, 3.63) is 53.7 Å². The lowest BCUT2D eigenvalue weighted by Gasteiger charge is -2.32. The summed E-state index contributed by atoms with van der Waals surface area (Å²) in [6, 6.07) is 14.0. The van der Waals surface area contributed by atoms with E-state index in [9.17, 15) is 0 Å². The monoisotopic (exact) mass is 325 g/mol. The number of aryl methyl sites for hydroxylation is 1. The SMILES string of the molecule is Cc1ccc(B2OC(C)(C)C(C)(C)O2)c(OCc2ccccc2)n1. The average Bonchev–Trinajstić information content (AvgIpc) is 2.74. The number of hydrogen-bond acceptors (Lipinski definition) is 4. The minimum Gasteiger partial charge on any atom is -0.473 e. The molecule has 1 aliphatic rings. The van der Waals surface area contributed by atoms with Gasteiger partial charge in [0.1, 0.15) is 6.61 Å². The van der Waals surface area contributed by atoms with Crippen molar-refractivity contribution >= 4 is 12.6 Å². The van der Waals surface area contributed by atoms with E-state index in [1.54, 1.807) is 0 Å². The Bertz CT molecular complexity index is 700. The Morgan fingerprint density at radius 3 is 2.21 bits per heavy atom. The molecule has 0 radical (unpaired) electrons. The van der Waals surface area contributed by atoms with Crippen LogP contribution < -0.4 is 10.2 Å². The second kappa shape index (κ2) is 6.23. The van der Waals surface area contributed by atoms with Crippen LogP contribution in [0.4, 0.5) is 0 Å². The molecule has 0 spiro atoms.